The summed E-state index contributed by atoms with van der Waals surface area (Å²) in [7, 11) is 0. The standard InChI is InChI=1S/C16H23N3O.C5H7N3/c1-12-9-14-10-15(18-7-5-17-6-8-18)3-4-16(14)19(11-12)13(2)20;1-4-2-3-7-5(6)8-4/h3-4,10,12,17H,5-9,11H2,1-2H3;2-3H,1H3,(H2,6,7,8). The van der Waals surface area contributed by atoms with Gasteiger partial charge < -0.3 is 20.9 Å². The third-order valence-corrected chi connectivity index (χ3v) is 5.09. The minimum absolute atomic E-state index is 0.146. The molecule has 150 valence electrons. The Morgan fingerprint density at radius 2 is 2.00 bits per heavy atom. The molecule has 2 aliphatic heterocycles. The Labute approximate surface area is 167 Å². The Morgan fingerprint density at radius 1 is 1.25 bits per heavy atom. The van der Waals surface area contributed by atoms with Crippen molar-refractivity contribution in [2.45, 2.75) is 27.2 Å². The Hall–Kier alpha value is -2.67. The molecule has 0 spiro atoms. The van der Waals surface area contributed by atoms with Crippen molar-refractivity contribution < 1.29 is 4.79 Å². The van der Waals surface area contributed by atoms with Crippen LogP contribution in [0, 0.1) is 12.8 Å². The van der Waals surface area contributed by atoms with Gasteiger partial charge in [-0.25, -0.2) is 9.97 Å². The number of anilines is 3. The molecule has 1 aromatic carbocycles. The monoisotopic (exact) mass is 382 g/mol. The molecule has 28 heavy (non-hydrogen) atoms. The van der Waals surface area contributed by atoms with Crippen LogP contribution in [0.5, 0.6) is 0 Å². The van der Waals surface area contributed by atoms with Crippen molar-refractivity contribution in [1.29, 1.82) is 0 Å². The van der Waals surface area contributed by atoms with Gasteiger partial charge >= 0.3 is 0 Å². The van der Waals surface area contributed by atoms with E-state index in [1.807, 2.05) is 11.8 Å². The molecule has 0 bridgehead atoms. The summed E-state index contributed by atoms with van der Waals surface area (Å²) in [6.45, 7) is 10.8. The van der Waals surface area contributed by atoms with E-state index < -0.39 is 0 Å². The molecule has 4 rings (SSSR count). The lowest BCUT2D eigenvalue weighted by atomic mass is 9.93. The number of fused-ring (bicyclic) bond motifs is 1. The minimum atomic E-state index is 0.146. The van der Waals surface area contributed by atoms with Crippen molar-refractivity contribution in [2.24, 2.45) is 5.92 Å². The van der Waals surface area contributed by atoms with Gasteiger partial charge in [-0.05, 0) is 49.1 Å². The SMILES string of the molecule is CC(=O)N1CC(C)Cc2cc(N3CCNCC3)ccc21.Cc1ccnc(N)n1. The van der Waals surface area contributed by atoms with E-state index in [2.05, 4.69) is 45.3 Å². The van der Waals surface area contributed by atoms with E-state index >= 15 is 0 Å². The molecule has 0 aliphatic carbocycles. The lowest BCUT2D eigenvalue weighted by molar-refractivity contribution is -0.116. The average Bonchev–Trinajstić information content (AvgIpc) is 2.67. The normalized spacial score (nSPS) is 18.8. The van der Waals surface area contributed by atoms with Gasteiger partial charge in [-0.1, -0.05) is 6.92 Å². The fourth-order valence-corrected chi connectivity index (χ4v) is 3.73. The van der Waals surface area contributed by atoms with Crippen LogP contribution in [0.25, 0.3) is 0 Å². The van der Waals surface area contributed by atoms with Crippen molar-refractivity contribution in [3.05, 3.63) is 41.7 Å². The lowest BCUT2D eigenvalue weighted by Gasteiger charge is -2.35. The van der Waals surface area contributed by atoms with Crippen molar-refractivity contribution in [3.63, 3.8) is 0 Å². The number of nitrogens with zero attached hydrogens (tertiary/aromatic N) is 4. The van der Waals surface area contributed by atoms with Gasteiger partial charge in [0, 0.05) is 62.9 Å². The highest BCUT2D eigenvalue weighted by Crippen LogP contribution is 2.33. The number of carbonyl (C=O) groups is 1. The quantitative estimate of drug-likeness (QED) is 0.785. The number of benzene rings is 1. The van der Waals surface area contributed by atoms with Crippen LogP contribution in [0.2, 0.25) is 0 Å². The maximum atomic E-state index is 11.8. The van der Waals surface area contributed by atoms with Gasteiger partial charge in [0.2, 0.25) is 11.9 Å². The Bertz CT molecular complexity index is 801. The molecule has 1 saturated heterocycles. The fraction of sp³-hybridized carbons (Fsp3) is 0.476. The first-order chi connectivity index (χ1) is 13.4. The molecule has 1 aromatic heterocycles. The number of piperazine rings is 1. The van der Waals surface area contributed by atoms with Gasteiger partial charge in [-0.2, -0.15) is 0 Å². The van der Waals surface area contributed by atoms with E-state index in [1.54, 1.807) is 19.2 Å². The Balaban J connectivity index is 0.000000236. The predicted octanol–water partition coefficient (Wildman–Crippen LogP) is 2.01. The zero-order chi connectivity index (χ0) is 20.1. The highest BCUT2D eigenvalue weighted by molar-refractivity contribution is 5.93. The second-order valence-corrected chi connectivity index (χ2v) is 7.55. The lowest BCUT2D eigenvalue weighted by Crippen LogP contribution is -2.43. The summed E-state index contributed by atoms with van der Waals surface area (Å²) in [5.41, 5.74) is 9.85. The maximum absolute atomic E-state index is 11.8. The van der Waals surface area contributed by atoms with Gasteiger partial charge in [0.05, 0.1) is 0 Å². The second-order valence-electron chi connectivity index (χ2n) is 7.55. The number of hydrogen-bond acceptors (Lipinski definition) is 6. The van der Waals surface area contributed by atoms with Crippen LogP contribution in [0.3, 0.4) is 0 Å². The van der Waals surface area contributed by atoms with Crippen LogP contribution in [-0.2, 0) is 11.2 Å². The molecule has 0 saturated carbocycles. The van der Waals surface area contributed by atoms with Crippen LogP contribution < -0.4 is 20.9 Å². The number of nitrogens with one attached hydrogen (secondary N) is 1. The summed E-state index contributed by atoms with van der Waals surface area (Å²) in [6, 6.07) is 8.37. The van der Waals surface area contributed by atoms with Crippen molar-refractivity contribution in [2.75, 3.05) is 48.3 Å². The molecule has 2 aromatic rings. The number of rotatable bonds is 1. The van der Waals surface area contributed by atoms with E-state index in [4.69, 9.17) is 5.73 Å². The van der Waals surface area contributed by atoms with E-state index in [0.717, 1.165) is 50.5 Å². The molecule has 2 aliphatic rings. The summed E-state index contributed by atoms with van der Waals surface area (Å²) in [6.07, 6.45) is 2.71. The molecular weight excluding hydrogens is 352 g/mol. The number of aromatic nitrogens is 2. The molecule has 3 N–H and O–H groups in total. The van der Waals surface area contributed by atoms with Gasteiger partial charge in [-0.15, -0.1) is 0 Å². The third kappa shape index (κ3) is 4.98. The van der Waals surface area contributed by atoms with Crippen molar-refractivity contribution in [3.8, 4) is 0 Å². The van der Waals surface area contributed by atoms with Crippen molar-refractivity contribution in [1.82, 2.24) is 15.3 Å². The molecule has 0 radical (unpaired) electrons. The first-order valence-corrected chi connectivity index (χ1v) is 9.86. The third-order valence-electron chi connectivity index (χ3n) is 5.09. The van der Waals surface area contributed by atoms with E-state index in [-0.39, 0.29) is 5.91 Å². The maximum Gasteiger partial charge on any atom is 0.223 e. The molecule has 7 heteroatoms. The van der Waals surface area contributed by atoms with Crippen LogP contribution in [0.15, 0.2) is 30.5 Å². The van der Waals surface area contributed by atoms with Crippen LogP contribution in [0.4, 0.5) is 17.3 Å². The number of nitrogens with two attached hydrogens (primary N) is 1. The summed E-state index contributed by atoms with van der Waals surface area (Å²) in [5.74, 6) is 1.02. The number of nitrogen functional groups attached to an aromatic ring is 1. The smallest absolute Gasteiger partial charge is 0.223 e. The topological polar surface area (TPSA) is 87.4 Å². The molecule has 1 atom stereocenters. The molecule has 1 fully saturated rings. The summed E-state index contributed by atoms with van der Waals surface area (Å²) in [4.78, 5) is 23.7. The van der Waals surface area contributed by atoms with Crippen LogP contribution >= 0.6 is 0 Å². The van der Waals surface area contributed by atoms with Crippen LogP contribution in [-0.4, -0.2) is 48.6 Å². The Kier molecular flexibility index (Phi) is 6.46. The summed E-state index contributed by atoms with van der Waals surface area (Å²) in [5, 5.41) is 3.38. The number of carbonyl (C=O) groups excluding carboxylic acids is 1. The molecule has 7 nitrogen and oxygen atoms in total. The molecular formula is C21H30N6O. The highest BCUT2D eigenvalue weighted by Gasteiger charge is 2.25. The number of aryl methyl sites for hydroxylation is 1. The van der Waals surface area contributed by atoms with Crippen molar-refractivity contribution >= 4 is 23.2 Å². The fourth-order valence-electron chi connectivity index (χ4n) is 3.73. The minimum Gasteiger partial charge on any atom is -0.369 e. The van der Waals surface area contributed by atoms with Gasteiger partial charge in [0.15, 0.2) is 0 Å². The number of amides is 1. The predicted molar refractivity (Wildman–Crippen MR) is 114 cm³/mol. The zero-order valence-electron chi connectivity index (χ0n) is 17.0. The van der Waals surface area contributed by atoms with Gasteiger partial charge in [0.1, 0.15) is 0 Å². The summed E-state index contributed by atoms with van der Waals surface area (Å²) >= 11 is 0. The van der Waals surface area contributed by atoms with E-state index in [1.165, 1.54) is 11.3 Å². The summed E-state index contributed by atoms with van der Waals surface area (Å²) < 4.78 is 0. The van der Waals surface area contributed by atoms with E-state index in [0.29, 0.717) is 11.9 Å². The second kappa shape index (κ2) is 9.01. The Morgan fingerprint density at radius 3 is 2.61 bits per heavy atom. The molecule has 1 unspecified atom stereocenters. The average molecular weight is 383 g/mol. The zero-order valence-corrected chi connectivity index (χ0v) is 17.0. The first kappa shape index (κ1) is 20.1. The highest BCUT2D eigenvalue weighted by atomic mass is 16.2. The van der Waals surface area contributed by atoms with E-state index in [9.17, 15) is 4.79 Å². The first-order valence-electron chi connectivity index (χ1n) is 9.86. The molecule has 3 heterocycles. The van der Waals surface area contributed by atoms with Crippen LogP contribution in [0.1, 0.15) is 25.1 Å². The number of hydrogen-bond donors (Lipinski definition) is 2. The largest absolute Gasteiger partial charge is 0.369 e. The van der Waals surface area contributed by atoms with Gasteiger partial charge in [-0.3, -0.25) is 4.79 Å². The molecule has 1 amide bonds. The van der Waals surface area contributed by atoms with Gasteiger partial charge in [0.25, 0.3) is 0 Å².